The van der Waals surface area contributed by atoms with Crippen LogP contribution >= 0.6 is 0 Å². The molecule has 8 nitrogen and oxygen atoms in total. The van der Waals surface area contributed by atoms with Crippen molar-refractivity contribution >= 4 is 23.9 Å². The average Bonchev–Trinajstić information content (AvgIpc) is 1.88. The van der Waals surface area contributed by atoms with E-state index in [9.17, 15) is 0 Å². The molecule has 0 atom stereocenters. The van der Waals surface area contributed by atoms with Gasteiger partial charge in [-0.1, -0.05) is 0 Å². The molecule has 0 bridgehead atoms. The summed E-state index contributed by atoms with van der Waals surface area (Å²) in [5, 5.41) is 29.6. The van der Waals surface area contributed by atoms with Gasteiger partial charge in [-0.2, -0.15) is 0 Å². The van der Waals surface area contributed by atoms with Gasteiger partial charge in [0.1, 0.15) is 0 Å². The van der Waals surface area contributed by atoms with Gasteiger partial charge in [-0.15, -0.1) is 0 Å². The van der Waals surface area contributed by atoms with E-state index in [-0.39, 0.29) is 37.1 Å². The first-order valence-electron chi connectivity index (χ1n) is 2.21. The van der Waals surface area contributed by atoms with Gasteiger partial charge in [-0.3, -0.25) is 0 Å². The summed E-state index contributed by atoms with van der Waals surface area (Å²) in [6, 6.07) is 0. The van der Waals surface area contributed by atoms with Crippen molar-refractivity contribution in [2.45, 2.75) is 0 Å². The van der Waals surface area contributed by atoms with Gasteiger partial charge in [-0.25, -0.2) is 19.2 Å². The maximum absolute atomic E-state index is 9.10. The molecule has 10 heteroatoms. The third-order valence-corrected chi connectivity index (χ3v) is 0.366. The second-order valence-electron chi connectivity index (χ2n) is 1.22. The van der Waals surface area contributed by atoms with Gasteiger partial charge >= 0.3 is 23.9 Å². The standard InChI is InChI=1S/2C2H2O4.2V/c2*3-1(4)2(5)6;;/h2*(H,3,4)(H,5,6);;. The molecule has 0 heterocycles. The largest absolute Gasteiger partial charge is 0.473 e. The summed E-state index contributed by atoms with van der Waals surface area (Å²) in [7, 11) is 0. The molecule has 4 N–H and O–H groups in total. The van der Waals surface area contributed by atoms with Crippen LogP contribution in [-0.4, -0.2) is 44.3 Å². The van der Waals surface area contributed by atoms with Crippen molar-refractivity contribution in [1.82, 2.24) is 0 Å². The third-order valence-electron chi connectivity index (χ3n) is 0.366. The Kier molecular flexibility index (Phi) is 19.9. The van der Waals surface area contributed by atoms with Crippen LogP contribution < -0.4 is 0 Å². The molecule has 0 fully saturated rings. The number of hydrogen-bond donors (Lipinski definition) is 4. The molecule has 0 saturated heterocycles. The normalized spacial score (nSPS) is 6.29. The maximum Gasteiger partial charge on any atom is 0.414 e. The molecule has 0 amide bonds. The Morgan fingerprint density at radius 3 is 0.571 bits per heavy atom. The van der Waals surface area contributed by atoms with Crippen LogP contribution in [0.3, 0.4) is 0 Å². The molecule has 0 aliphatic carbocycles. The monoisotopic (exact) mass is 282 g/mol. The van der Waals surface area contributed by atoms with E-state index in [0.29, 0.717) is 0 Å². The first-order valence-corrected chi connectivity index (χ1v) is 2.21. The average molecular weight is 282 g/mol. The molecule has 0 saturated carbocycles. The summed E-state index contributed by atoms with van der Waals surface area (Å²) < 4.78 is 0. The number of hydrogen-bond acceptors (Lipinski definition) is 4. The van der Waals surface area contributed by atoms with Crippen LogP contribution in [0.15, 0.2) is 0 Å². The van der Waals surface area contributed by atoms with E-state index >= 15 is 0 Å². The predicted octanol–water partition coefficient (Wildman–Crippen LogP) is -1.69. The van der Waals surface area contributed by atoms with Gasteiger partial charge in [0.15, 0.2) is 0 Å². The zero-order valence-corrected chi connectivity index (χ0v) is 9.11. The molecule has 0 aromatic rings. The first kappa shape index (κ1) is 23.1. The fourth-order valence-corrected chi connectivity index (χ4v) is 0. The van der Waals surface area contributed by atoms with Gasteiger partial charge < -0.3 is 20.4 Å². The van der Waals surface area contributed by atoms with Crippen LogP contribution in [0, 0.1) is 0 Å². The molecular formula is C4H4O8V2. The molecular weight excluding hydrogens is 278 g/mol. The summed E-state index contributed by atoms with van der Waals surface area (Å²) in [5.41, 5.74) is 0. The van der Waals surface area contributed by atoms with Crippen molar-refractivity contribution in [2.75, 3.05) is 0 Å². The Hall–Kier alpha value is -0.951. The Bertz CT molecular complexity index is 175. The quantitative estimate of drug-likeness (QED) is 0.384. The molecule has 0 aliphatic heterocycles. The van der Waals surface area contributed by atoms with Gasteiger partial charge in [0, 0.05) is 37.1 Å². The van der Waals surface area contributed by atoms with Gasteiger partial charge in [0.25, 0.3) is 0 Å². The Morgan fingerprint density at radius 2 is 0.571 bits per heavy atom. The van der Waals surface area contributed by atoms with Gasteiger partial charge in [-0.05, 0) is 0 Å². The number of aliphatic carboxylic acids is 4. The third kappa shape index (κ3) is 22.5. The SMILES string of the molecule is O=C(O)C(=O)O.O=C(O)C(=O)O.[V].[V]. The first-order chi connectivity index (χ1) is 5.29. The fourth-order valence-electron chi connectivity index (χ4n) is 0. The molecule has 0 rings (SSSR count). The van der Waals surface area contributed by atoms with E-state index < -0.39 is 23.9 Å². The second-order valence-corrected chi connectivity index (χ2v) is 1.22. The van der Waals surface area contributed by atoms with Crippen molar-refractivity contribution in [2.24, 2.45) is 0 Å². The predicted molar refractivity (Wildman–Crippen MR) is 30.5 cm³/mol. The van der Waals surface area contributed by atoms with E-state index in [1.807, 2.05) is 0 Å². The van der Waals surface area contributed by atoms with E-state index in [4.69, 9.17) is 39.6 Å². The van der Waals surface area contributed by atoms with Crippen LogP contribution in [0.4, 0.5) is 0 Å². The molecule has 0 unspecified atom stereocenters. The number of rotatable bonds is 0. The number of carboxylic acid groups (broad SMARTS) is 4. The Labute approximate surface area is 101 Å². The van der Waals surface area contributed by atoms with E-state index in [1.54, 1.807) is 0 Å². The summed E-state index contributed by atoms with van der Waals surface area (Å²) >= 11 is 0. The van der Waals surface area contributed by atoms with Crippen molar-refractivity contribution in [1.29, 1.82) is 0 Å². The molecule has 0 spiro atoms. The van der Waals surface area contributed by atoms with Crippen LogP contribution in [0.1, 0.15) is 0 Å². The Morgan fingerprint density at radius 1 is 0.500 bits per heavy atom. The minimum absolute atomic E-state index is 0. The zero-order valence-electron chi connectivity index (χ0n) is 6.32. The molecule has 0 aromatic heterocycles. The summed E-state index contributed by atoms with van der Waals surface area (Å²) in [4.78, 5) is 36.4. The fraction of sp³-hybridized carbons (Fsp3) is 0. The number of carboxylic acids is 4. The molecule has 2 radical (unpaired) electrons. The molecule has 14 heavy (non-hydrogen) atoms. The minimum Gasteiger partial charge on any atom is -0.473 e. The van der Waals surface area contributed by atoms with E-state index in [1.165, 1.54) is 0 Å². The van der Waals surface area contributed by atoms with Gasteiger partial charge in [0.05, 0.1) is 0 Å². The maximum atomic E-state index is 9.10. The van der Waals surface area contributed by atoms with Crippen molar-refractivity contribution < 1.29 is 76.7 Å². The van der Waals surface area contributed by atoms with Crippen LogP contribution in [-0.2, 0) is 56.3 Å². The summed E-state index contributed by atoms with van der Waals surface area (Å²) in [6.45, 7) is 0. The number of carbonyl (C=O) groups is 4. The zero-order chi connectivity index (χ0) is 10.3. The van der Waals surface area contributed by atoms with Crippen molar-refractivity contribution in [3.05, 3.63) is 0 Å². The smallest absolute Gasteiger partial charge is 0.414 e. The Balaban J connectivity index is -0.0000000625. The molecule has 78 valence electrons. The molecule has 0 aliphatic rings. The van der Waals surface area contributed by atoms with Crippen LogP contribution in [0.2, 0.25) is 0 Å². The topological polar surface area (TPSA) is 149 Å². The van der Waals surface area contributed by atoms with Crippen molar-refractivity contribution in [3.63, 3.8) is 0 Å². The van der Waals surface area contributed by atoms with Crippen molar-refractivity contribution in [3.8, 4) is 0 Å². The summed E-state index contributed by atoms with van der Waals surface area (Å²) in [6.07, 6.45) is 0. The van der Waals surface area contributed by atoms with E-state index in [0.717, 1.165) is 0 Å². The van der Waals surface area contributed by atoms with E-state index in [2.05, 4.69) is 0 Å². The van der Waals surface area contributed by atoms with Crippen LogP contribution in [0.5, 0.6) is 0 Å². The minimum atomic E-state index is -1.82. The van der Waals surface area contributed by atoms with Crippen LogP contribution in [0.25, 0.3) is 0 Å². The van der Waals surface area contributed by atoms with Gasteiger partial charge in [0.2, 0.25) is 0 Å². The second kappa shape index (κ2) is 12.0. The molecule has 0 aromatic carbocycles. The summed E-state index contributed by atoms with van der Waals surface area (Å²) in [5.74, 6) is -7.30.